The molecule has 3 aromatic rings. The smallest absolute Gasteiger partial charge is 0.243 e. The zero-order chi connectivity index (χ0) is 27.0. The van der Waals surface area contributed by atoms with Gasteiger partial charge in [-0.2, -0.15) is 0 Å². The maximum atomic E-state index is 13.8. The zero-order valence-corrected chi connectivity index (χ0v) is 23.8. The molecule has 0 saturated carbocycles. The van der Waals surface area contributed by atoms with E-state index in [1.165, 1.54) is 16.7 Å². The number of hydrogen-bond donors (Lipinski definition) is 1. The number of hydrogen-bond acceptors (Lipinski definition) is 3. The van der Waals surface area contributed by atoms with Crippen molar-refractivity contribution in [2.75, 3.05) is 5.75 Å². The van der Waals surface area contributed by atoms with E-state index in [0.29, 0.717) is 18.7 Å². The van der Waals surface area contributed by atoms with Crippen LogP contribution in [0.1, 0.15) is 54.2 Å². The van der Waals surface area contributed by atoms with E-state index in [1.54, 1.807) is 16.7 Å². The summed E-state index contributed by atoms with van der Waals surface area (Å²) in [6.45, 7) is 12.5. The fourth-order valence-corrected chi connectivity index (χ4v) is 5.31. The van der Waals surface area contributed by atoms with Crippen molar-refractivity contribution >= 4 is 23.6 Å². The van der Waals surface area contributed by atoms with Gasteiger partial charge in [0.25, 0.3) is 0 Å². The van der Waals surface area contributed by atoms with Gasteiger partial charge in [0, 0.05) is 24.3 Å². The first kappa shape index (κ1) is 28.5. The van der Waals surface area contributed by atoms with Gasteiger partial charge in [0.15, 0.2) is 0 Å². The average Bonchev–Trinajstić information content (AvgIpc) is 2.81. The molecule has 0 aliphatic rings. The molecule has 0 bridgehead atoms. The molecule has 0 aromatic heterocycles. The normalized spacial score (nSPS) is 12.2. The Hall–Kier alpha value is -3.05. The molecule has 5 heteroatoms. The standard InChI is InChI=1S/C32H40N2O2S/c1-23-16-24(2)18-27(17-23)21-37-22-30(35)34(20-28-15-11-10-12-25(28)3)29(31(36)33-32(4,5)6)19-26-13-8-7-9-14-26/h7-18,29H,19-22H2,1-6H3,(H,33,36)/t29-/m1/s1. The third-order valence-electron chi connectivity index (χ3n) is 6.15. The lowest BCUT2D eigenvalue weighted by molar-refractivity contribution is -0.140. The summed E-state index contributed by atoms with van der Waals surface area (Å²) in [5, 5.41) is 3.13. The number of benzene rings is 3. The Kier molecular flexibility index (Phi) is 9.99. The fourth-order valence-electron chi connectivity index (χ4n) is 4.47. The first-order valence-electron chi connectivity index (χ1n) is 12.9. The fraction of sp³-hybridized carbons (Fsp3) is 0.375. The lowest BCUT2D eigenvalue weighted by Gasteiger charge is -2.34. The van der Waals surface area contributed by atoms with E-state index in [4.69, 9.17) is 0 Å². The van der Waals surface area contributed by atoms with Crippen LogP contribution in [0.15, 0.2) is 72.8 Å². The van der Waals surface area contributed by atoms with Gasteiger partial charge < -0.3 is 10.2 Å². The Morgan fingerprint density at radius 3 is 2.11 bits per heavy atom. The van der Waals surface area contributed by atoms with Crippen LogP contribution in [-0.4, -0.2) is 34.0 Å². The summed E-state index contributed by atoms with van der Waals surface area (Å²) < 4.78 is 0. The third-order valence-corrected chi connectivity index (χ3v) is 7.14. The minimum Gasteiger partial charge on any atom is -0.350 e. The molecule has 0 aliphatic heterocycles. The van der Waals surface area contributed by atoms with Crippen LogP contribution in [0.3, 0.4) is 0 Å². The van der Waals surface area contributed by atoms with Crippen molar-refractivity contribution in [1.29, 1.82) is 0 Å². The SMILES string of the molecule is Cc1cc(C)cc(CSCC(=O)N(Cc2ccccc2C)[C@H](Cc2ccccc2)C(=O)NC(C)(C)C)c1. The molecule has 1 atom stereocenters. The molecule has 0 aliphatic carbocycles. The van der Waals surface area contributed by atoms with E-state index in [2.05, 4.69) is 37.4 Å². The number of carbonyl (C=O) groups is 2. The summed E-state index contributed by atoms with van der Waals surface area (Å²) >= 11 is 1.60. The third kappa shape index (κ3) is 9.08. The topological polar surface area (TPSA) is 49.4 Å². The first-order chi connectivity index (χ1) is 17.5. The number of amides is 2. The Balaban J connectivity index is 1.88. The largest absolute Gasteiger partial charge is 0.350 e. The van der Waals surface area contributed by atoms with Gasteiger partial charge in [0.1, 0.15) is 6.04 Å². The second kappa shape index (κ2) is 13.0. The minimum atomic E-state index is -0.615. The van der Waals surface area contributed by atoms with E-state index in [-0.39, 0.29) is 11.8 Å². The molecular weight excluding hydrogens is 476 g/mol. The van der Waals surface area contributed by atoms with Crippen molar-refractivity contribution in [1.82, 2.24) is 10.2 Å². The Morgan fingerprint density at radius 1 is 0.865 bits per heavy atom. The first-order valence-corrected chi connectivity index (χ1v) is 14.0. The molecular formula is C32H40N2O2S. The molecule has 196 valence electrons. The molecule has 3 rings (SSSR count). The van der Waals surface area contributed by atoms with E-state index in [0.717, 1.165) is 22.4 Å². The number of carbonyl (C=O) groups excluding carboxylic acids is 2. The van der Waals surface area contributed by atoms with Crippen LogP contribution in [0.25, 0.3) is 0 Å². The molecule has 0 unspecified atom stereocenters. The van der Waals surface area contributed by atoms with E-state index in [1.807, 2.05) is 82.3 Å². The van der Waals surface area contributed by atoms with Gasteiger partial charge in [-0.15, -0.1) is 11.8 Å². The van der Waals surface area contributed by atoms with Crippen LogP contribution >= 0.6 is 11.8 Å². The van der Waals surface area contributed by atoms with Crippen molar-refractivity contribution in [3.05, 3.63) is 106 Å². The average molecular weight is 517 g/mol. The molecule has 0 radical (unpaired) electrons. The molecule has 0 saturated heterocycles. The van der Waals surface area contributed by atoms with Gasteiger partial charge in [0.05, 0.1) is 5.75 Å². The summed E-state index contributed by atoms with van der Waals surface area (Å²) in [5.41, 5.74) is 6.46. The molecule has 37 heavy (non-hydrogen) atoms. The number of nitrogens with one attached hydrogen (secondary N) is 1. The van der Waals surface area contributed by atoms with Gasteiger partial charge in [-0.25, -0.2) is 0 Å². The number of rotatable bonds is 10. The highest BCUT2D eigenvalue weighted by atomic mass is 32.2. The number of thioether (sulfide) groups is 1. The zero-order valence-electron chi connectivity index (χ0n) is 23.0. The maximum Gasteiger partial charge on any atom is 0.243 e. The van der Waals surface area contributed by atoms with E-state index >= 15 is 0 Å². The van der Waals surface area contributed by atoms with Crippen LogP contribution in [0, 0.1) is 20.8 Å². The molecule has 2 amide bonds. The number of aryl methyl sites for hydroxylation is 3. The monoisotopic (exact) mass is 516 g/mol. The Morgan fingerprint density at radius 2 is 1.49 bits per heavy atom. The van der Waals surface area contributed by atoms with Crippen LogP contribution in [0.2, 0.25) is 0 Å². The van der Waals surface area contributed by atoms with E-state index < -0.39 is 11.6 Å². The minimum absolute atomic E-state index is 0.0254. The second-order valence-electron chi connectivity index (χ2n) is 10.9. The van der Waals surface area contributed by atoms with Crippen LogP contribution in [0.4, 0.5) is 0 Å². The Bertz CT molecular complexity index is 1180. The lowest BCUT2D eigenvalue weighted by Crippen LogP contribution is -2.54. The van der Waals surface area contributed by atoms with Crippen molar-refractivity contribution < 1.29 is 9.59 Å². The van der Waals surface area contributed by atoms with Gasteiger partial charge in [-0.1, -0.05) is 83.9 Å². The quantitative estimate of drug-likeness (QED) is 0.339. The van der Waals surface area contributed by atoms with Crippen LogP contribution < -0.4 is 5.32 Å². The van der Waals surface area contributed by atoms with Gasteiger partial charge in [-0.05, 0) is 63.8 Å². The number of nitrogens with zero attached hydrogens (tertiary/aromatic N) is 1. The predicted molar refractivity (Wildman–Crippen MR) is 156 cm³/mol. The maximum absolute atomic E-state index is 13.8. The Labute approximate surface area is 226 Å². The molecule has 0 heterocycles. The molecule has 3 aromatic carbocycles. The lowest BCUT2D eigenvalue weighted by atomic mass is 10.00. The molecule has 0 fully saturated rings. The summed E-state index contributed by atoms with van der Waals surface area (Å²) in [4.78, 5) is 29.2. The van der Waals surface area contributed by atoms with Crippen molar-refractivity contribution in [2.45, 2.75) is 71.8 Å². The summed E-state index contributed by atoms with van der Waals surface area (Å²) in [7, 11) is 0. The van der Waals surface area contributed by atoms with E-state index in [9.17, 15) is 9.59 Å². The molecule has 0 spiro atoms. The predicted octanol–water partition coefficient (Wildman–Crippen LogP) is 6.40. The van der Waals surface area contributed by atoms with Gasteiger partial charge >= 0.3 is 0 Å². The molecule has 4 nitrogen and oxygen atoms in total. The summed E-state index contributed by atoms with van der Waals surface area (Å²) in [6, 6.07) is 23.9. The molecule has 1 N–H and O–H groups in total. The van der Waals surface area contributed by atoms with Gasteiger partial charge in [0.2, 0.25) is 11.8 Å². The summed E-state index contributed by atoms with van der Waals surface area (Å²) in [6.07, 6.45) is 0.460. The second-order valence-corrected chi connectivity index (χ2v) is 11.9. The summed E-state index contributed by atoms with van der Waals surface area (Å²) in [5.74, 6) is 0.914. The van der Waals surface area contributed by atoms with Crippen molar-refractivity contribution in [3.63, 3.8) is 0 Å². The van der Waals surface area contributed by atoms with Gasteiger partial charge in [-0.3, -0.25) is 9.59 Å². The van der Waals surface area contributed by atoms with Crippen LogP contribution in [0.5, 0.6) is 0 Å². The highest BCUT2D eigenvalue weighted by Crippen LogP contribution is 2.21. The van der Waals surface area contributed by atoms with Crippen molar-refractivity contribution in [3.8, 4) is 0 Å². The highest BCUT2D eigenvalue weighted by molar-refractivity contribution is 7.99. The highest BCUT2D eigenvalue weighted by Gasteiger charge is 2.32. The van der Waals surface area contributed by atoms with Crippen LogP contribution in [-0.2, 0) is 28.3 Å². The van der Waals surface area contributed by atoms with Crippen molar-refractivity contribution in [2.24, 2.45) is 0 Å².